The topological polar surface area (TPSA) is 73.8 Å². The summed E-state index contributed by atoms with van der Waals surface area (Å²) in [5, 5.41) is 16.3. The first-order chi connectivity index (χ1) is 8.47. The summed E-state index contributed by atoms with van der Waals surface area (Å²) in [5.74, 6) is 0. The fourth-order valence-corrected chi connectivity index (χ4v) is 2.60. The monoisotopic (exact) mass is 284 g/mol. The first-order valence-corrected chi connectivity index (χ1v) is 6.16. The first-order valence-electron chi connectivity index (χ1n) is 4.97. The van der Waals surface area contributed by atoms with Gasteiger partial charge in [-0.1, -0.05) is 11.6 Å². The largest absolute Gasteiger partial charge is 0.301 e. The SMILES string of the molecule is Cc1cc(Sc2nc(Cl)ccc2[N+](=O)[O-])n(C)n1. The van der Waals surface area contributed by atoms with Gasteiger partial charge in [0.25, 0.3) is 0 Å². The summed E-state index contributed by atoms with van der Waals surface area (Å²) < 4.78 is 1.65. The molecule has 0 saturated heterocycles. The molecule has 2 heterocycles. The van der Waals surface area contributed by atoms with E-state index < -0.39 is 4.92 Å². The Morgan fingerprint density at radius 2 is 2.22 bits per heavy atom. The molecular weight excluding hydrogens is 276 g/mol. The third-order valence-electron chi connectivity index (χ3n) is 2.16. The molecule has 0 bridgehead atoms. The van der Waals surface area contributed by atoms with Crippen LogP contribution in [0.1, 0.15) is 5.69 Å². The highest BCUT2D eigenvalue weighted by Gasteiger charge is 2.18. The molecule has 0 radical (unpaired) electrons. The quantitative estimate of drug-likeness (QED) is 0.492. The molecule has 0 fully saturated rings. The first kappa shape index (κ1) is 12.8. The molecule has 2 aromatic rings. The van der Waals surface area contributed by atoms with Gasteiger partial charge in [0.05, 0.1) is 10.6 Å². The summed E-state index contributed by atoms with van der Waals surface area (Å²) in [5.41, 5.74) is 0.771. The van der Waals surface area contributed by atoms with Crippen molar-refractivity contribution in [2.75, 3.05) is 0 Å². The number of halogens is 1. The highest BCUT2D eigenvalue weighted by atomic mass is 35.5. The zero-order valence-corrected chi connectivity index (χ0v) is 11.2. The molecule has 0 saturated carbocycles. The average Bonchev–Trinajstić information content (AvgIpc) is 2.57. The molecule has 8 heteroatoms. The number of nitro groups is 1. The van der Waals surface area contributed by atoms with Crippen LogP contribution >= 0.6 is 23.4 Å². The van der Waals surface area contributed by atoms with Gasteiger partial charge >= 0.3 is 5.69 Å². The Labute approximate surface area is 112 Å². The van der Waals surface area contributed by atoms with Crippen LogP contribution in [0.5, 0.6) is 0 Å². The Morgan fingerprint density at radius 1 is 1.50 bits per heavy atom. The van der Waals surface area contributed by atoms with Crippen LogP contribution in [0.4, 0.5) is 5.69 Å². The fourth-order valence-electron chi connectivity index (χ4n) is 1.41. The number of nitrogens with zero attached hydrogens (tertiary/aromatic N) is 4. The van der Waals surface area contributed by atoms with Crippen molar-refractivity contribution in [1.29, 1.82) is 0 Å². The van der Waals surface area contributed by atoms with Crippen molar-refractivity contribution in [2.45, 2.75) is 17.0 Å². The highest BCUT2D eigenvalue weighted by molar-refractivity contribution is 7.99. The van der Waals surface area contributed by atoms with Crippen LogP contribution in [0.3, 0.4) is 0 Å². The van der Waals surface area contributed by atoms with Crippen LogP contribution in [0.2, 0.25) is 5.15 Å². The predicted octanol–water partition coefficient (Wildman–Crippen LogP) is 2.84. The minimum Gasteiger partial charge on any atom is -0.261 e. The standard InChI is InChI=1S/C10H9ClN4O2S/c1-6-5-9(14(2)13-6)18-10-7(15(16)17)3-4-8(11)12-10/h3-5H,1-2H3. The maximum Gasteiger partial charge on any atom is 0.301 e. The lowest BCUT2D eigenvalue weighted by Crippen LogP contribution is -1.96. The van der Waals surface area contributed by atoms with E-state index in [4.69, 9.17) is 11.6 Å². The summed E-state index contributed by atoms with van der Waals surface area (Å²) in [7, 11) is 1.77. The Bertz CT molecular complexity index is 614. The van der Waals surface area contributed by atoms with E-state index in [1.807, 2.05) is 13.0 Å². The molecule has 0 atom stereocenters. The Hall–Kier alpha value is -1.60. The minimum absolute atomic E-state index is 0.0664. The summed E-state index contributed by atoms with van der Waals surface area (Å²) in [6.45, 7) is 1.85. The molecule has 0 unspecified atom stereocenters. The summed E-state index contributed by atoms with van der Waals surface area (Å²) >= 11 is 6.93. The van der Waals surface area contributed by atoms with Crippen molar-refractivity contribution in [3.63, 3.8) is 0 Å². The average molecular weight is 285 g/mol. The molecule has 2 rings (SSSR count). The summed E-state index contributed by atoms with van der Waals surface area (Å²) in [6, 6.07) is 4.58. The van der Waals surface area contributed by atoms with E-state index in [0.717, 1.165) is 10.7 Å². The van der Waals surface area contributed by atoms with Gasteiger partial charge in [-0.2, -0.15) is 5.10 Å². The molecule has 6 nitrogen and oxygen atoms in total. The number of aromatic nitrogens is 3. The predicted molar refractivity (Wildman–Crippen MR) is 68.0 cm³/mol. The van der Waals surface area contributed by atoms with E-state index in [9.17, 15) is 10.1 Å². The molecular formula is C10H9ClN4O2S. The van der Waals surface area contributed by atoms with Gasteiger partial charge in [0.2, 0.25) is 0 Å². The summed E-state index contributed by atoms with van der Waals surface area (Å²) in [4.78, 5) is 14.4. The van der Waals surface area contributed by atoms with E-state index in [1.165, 1.54) is 23.9 Å². The zero-order chi connectivity index (χ0) is 13.3. The van der Waals surface area contributed by atoms with Gasteiger partial charge in [-0.05, 0) is 30.8 Å². The second-order valence-corrected chi connectivity index (χ2v) is 4.96. The van der Waals surface area contributed by atoms with Crippen LogP contribution in [-0.2, 0) is 7.05 Å². The maximum absolute atomic E-state index is 10.9. The molecule has 0 N–H and O–H groups in total. The number of hydrogen-bond donors (Lipinski definition) is 0. The van der Waals surface area contributed by atoms with Crippen molar-refractivity contribution in [3.8, 4) is 0 Å². The zero-order valence-electron chi connectivity index (χ0n) is 9.62. The Kier molecular flexibility index (Phi) is 3.53. The molecule has 0 aromatic carbocycles. The Balaban J connectivity index is 2.42. The fraction of sp³-hybridized carbons (Fsp3) is 0.200. The lowest BCUT2D eigenvalue weighted by Gasteiger charge is -2.02. The third kappa shape index (κ3) is 2.62. The molecule has 0 aliphatic heterocycles. The molecule has 0 amide bonds. The van der Waals surface area contributed by atoms with Gasteiger partial charge < -0.3 is 0 Å². The third-order valence-corrected chi connectivity index (χ3v) is 3.46. The molecule has 0 aliphatic rings. The Morgan fingerprint density at radius 3 is 2.78 bits per heavy atom. The number of rotatable bonds is 3. The van der Waals surface area contributed by atoms with Gasteiger partial charge in [0.1, 0.15) is 10.2 Å². The van der Waals surface area contributed by atoms with Gasteiger partial charge in [-0.3, -0.25) is 14.8 Å². The van der Waals surface area contributed by atoms with Gasteiger partial charge in [-0.25, -0.2) is 4.98 Å². The number of hydrogen-bond acceptors (Lipinski definition) is 5. The summed E-state index contributed by atoms with van der Waals surface area (Å²) in [6.07, 6.45) is 0. The smallest absolute Gasteiger partial charge is 0.261 e. The lowest BCUT2D eigenvalue weighted by atomic mass is 10.4. The normalized spacial score (nSPS) is 10.6. The van der Waals surface area contributed by atoms with Crippen molar-refractivity contribution >= 4 is 29.1 Å². The van der Waals surface area contributed by atoms with Gasteiger partial charge in [0.15, 0.2) is 5.03 Å². The van der Waals surface area contributed by atoms with Crippen molar-refractivity contribution in [2.24, 2.45) is 7.05 Å². The molecule has 0 spiro atoms. The molecule has 2 aromatic heterocycles. The van der Waals surface area contributed by atoms with Crippen LogP contribution in [0.25, 0.3) is 0 Å². The molecule has 0 aliphatic carbocycles. The number of aryl methyl sites for hydroxylation is 2. The van der Waals surface area contributed by atoms with Crippen LogP contribution < -0.4 is 0 Å². The second kappa shape index (κ2) is 4.95. The van der Waals surface area contributed by atoms with E-state index in [1.54, 1.807) is 11.7 Å². The molecule has 94 valence electrons. The van der Waals surface area contributed by atoms with E-state index >= 15 is 0 Å². The van der Waals surface area contributed by atoms with Gasteiger partial charge in [0, 0.05) is 13.1 Å². The second-order valence-electron chi connectivity index (χ2n) is 3.56. The minimum atomic E-state index is -0.477. The van der Waals surface area contributed by atoms with Crippen LogP contribution in [0.15, 0.2) is 28.3 Å². The van der Waals surface area contributed by atoms with Crippen LogP contribution in [0, 0.1) is 17.0 Å². The van der Waals surface area contributed by atoms with Crippen molar-refractivity contribution < 1.29 is 4.92 Å². The van der Waals surface area contributed by atoms with Crippen molar-refractivity contribution in [1.82, 2.24) is 14.8 Å². The highest BCUT2D eigenvalue weighted by Crippen LogP contribution is 2.34. The van der Waals surface area contributed by atoms with E-state index in [2.05, 4.69) is 10.1 Å². The number of pyridine rings is 1. The van der Waals surface area contributed by atoms with Gasteiger partial charge in [-0.15, -0.1) is 0 Å². The lowest BCUT2D eigenvalue weighted by molar-refractivity contribution is -0.388. The van der Waals surface area contributed by atoms with Crippen LogP contribution in [-0.4, -0.2) is 19.7 Å². The van der Waals surface area contributed by atoms with Crippen molar-refractivity contribution in [3.05, 3.63) is 39.2 Å². The van der Waals surface area contributed by atoms with E-state index in [0.29, 0.717) is 0 Å². The van der Waals surface area contributed by atoms with E-state index in [-0.39, 0.29) is 15.9 Å². The molecule has 18 heavy (non-hydrogen) atoms. The maximum atomic E-state index is 10.9.